The number of aliphatic hydroxyl groups is 1. The lowest BCUT2D eigenvalue weighted by molar-refractivity contribution is 0.152. The normalized spacial score (nSPS) is 16.9. The number of unbranched alkanes of at least 4 members (excludes halogenated alkanes) is 1. The van der Waals surface area contributed by atoms with Crippen molar-refractivity contribution in [3.05, 3.63) is 33.8 Å². The van der Waals surface area contributed by atoms with Gasteiger partial charge in [0.1, 0.15) is 0 Å². The van der Waals surface area contributed by atoms with E-state index in [4.69, 9.17) is 23.2 Å². The van der Waals surface area contributed by atoms with Gasteiger partial charge in [0.25, 0.3) is 0 Å². The Morgan fingerprint density at radius 2 is 1.76 bits per heavy atom. The van der Waals surface area contributed by atoms with E-state index < -0.39 is 6.10 Å². The van der Waals surface area contributed by atoms with Crippen LogP contribution < -0.4 is 10.6 Å². The van der Waals surface area contributed by atoms with Gasteiger partial charge < -0.3 is 25.5 Å². The van der Waals surface area contributed by atoms with E-state index in [1.165, 1.54) is 19.5 Å². The number of hydrogen-bond donors (Lipinski definition) is 3. The Bertz CT molecular complexity index is 607. The number of halogens is 3. The Morgan fingerprint density at radius 3 is 2.38 bits per heavy atom. The smallest absolute Gasteiger partial charge is 0.191 e. The molecule has 6 nitrogen and oxygen atoms in total. The van der Waals surface area contributed by atoms with E-state index in [2.05, 4.69) is 32.5 Å². The number of nitrogens with zero attached hydrogens (tertiary/aromatic N) is 3. The van der Waals surface area contributed by atoms with Crippen molar-refractivity contribution in [3.8, 4) is 0 Å². The number of guanidine groups is 1. The molecule has 0 saturated carbocycles. The van der Waals surface area contributed by atoms with E-state index >= 15 is 0 Å². The van der Waals surface area contributed by atoms with E-state index in [9.17, 15) is 5.11 Å². The van der Waals surface area contributed by atoms with Gasteiger partial charge >= 0.3 is 0 Å². The third kappa shape index (κ3) is 10.5. The summed E-state index contributed by atoms with van der Waals surface area (Å²) in [5.74, 6) is 0.717. The van der Waals surface area contributed by atoms with E-state index in [0.29, 0.717) is 21.6 Å². The summed E-state index contributed by atoms with van der Waals surface area (Å²) in [4.78, 5) is 9.40. The van der Waals surface area contributed by atoms with Crippen molar-refractivity contribution in [3.63, 3.8) is 0 Å². The molecule has 1 heterocycles. The highest BCUT2D eigenvalue weighted by molar-refractivity contribution is 14.0. The molecule has 0 aliphatic carbocycles. The molecule has 3 N–H and O–H groups in total. The first-order valence-electron chi connectivity index (χ1n) is 10.0. The van der Waals surface area contributed by atoms with E-state index in [1.54, 1.807) is 18.2 Å². The molecule has 1 aromatic carbocycles. The molecule has 1 aliphatic rings. The molecule has 1 aromatic rings. The molecule has 0 spiro atoms. The predicted molar refractivity (Wildman–Crippen MR) is 134 cm³/mol. The average molecular weight is 558 g/mol. The molecule has 2 rings (SSSR count). The monoisotopic (exact) mass is 557 g/mol. The summed E-state index contributed by atoms with van der Waals surface area (Å²) in [5, 5.41) is 18.0. The molecule has 1 saturated heterocycles. The van der Waals surface area contributed by atoms with Gasteiger partial charge in [0.15, 0.2) is 5.96 Å². The quantitative estimate of drug-likeness (QED) is 0.188. The SMILES string of the molecule is CCNC(=NCC(O)c1cc(Cl)cc(Cl)c1)NCCCCN1CCN(C)CC1.I. The third-order valence-corrected chi connectivity index (χ3v) is 5.26. The lowest BCUT2D eigenvalue weighted by Gasteiger charge is -2.32. The first-order valence-corrected chi connectivity index (χ1v) is 10.8. The summed E-state index contributed by atoms with van der Waals surface area (Å²) in [7, 11) is 2.18. The van der Waals surface area contributed by atoms with Crippen molar-refractivity contribution in [2.75, 3.05) is 59.4 Å². The van der Waals surface area contributed by atoms with Gasteiger partial charge in [0.05, 0.1) is 12.6 Å². The molecule has 9 heteroatoms. The summed E-state index contributed by atoms with van der Waals surface area (Å²) in [6.45, 7) is 9.71. The Balaban J connectivity index is 0.00000420. The maximum absolute atomic E-state index is 10.4. The summed E-state index contributed by atoms with van der Waals surface area (Å²) in [6.07, 6.45) is 1.51. The molecule has 0 amide bonds. The van der Waals surface area contributed by atoms with Crippen molar-refractivity contribution in [1.29, 1.82) is 0 Å². The molecule has 0 radical (unpaired) electrons. The minimum atomic E-state index is -0.746. The average Bonchev–Trinajstić information content (AvgIpc) is 2.66. The van der Waals surface area contributed by atoms with Crippen LogP contribution in [0.25, 0.3) is 0 Å². The summed E-state index contributed by atoms with van der Waals surface area (Å²) in [5.41, 5.74) is 0.671. The summed E-state index contributed by atoms with van der Waals surface area (Å²) < 4.78 is 0. The van der Waals surface area contributed by atoms with Crippen LogP contribution in [0.2, 0.25) is 10.0 Å². The number of piperazine rings is 1. The molecule has 0 bridgehead atoms. The fourth-order valence-corrected chi connectivity index (χ4v) is 3.67. The number of nitrogens with one attached hydrogen (secondary N) is 2. The maximum Gasteiger partial charge on any atom is 0.191 e. The highest BCUT2D eigenvalue weighted by Crippen LogP contribution is 2.23. The van der Waals surface area contributed by atoms with Gasteiger partial charge in [-0.1, -0.05) is 23.2 Å². The Morgan fingerprint density at radius 1 is 1.10 bits per heavy atom. The van der Waals surface area contributed by atoms with E-state index in [-0.39, 0.29) is 30.5 Å². The highest BCUT2D eigenvalue weighted by Gasteiger charge is 2.13. The van der Waals surface area contributed by atoms with Crippen molar-refractivity contribution >= 4 is 53.1 Å². The molecule has 29 heavy (non-hydrogen) atoms. The number of hydrogen-bond acceptors (Lipinski definition) is 4. The van der Waals surface area contributed by atoms with Crippen LogP contribution in [-0.4, -0.2) is 80.3 Å². The number of likely N-dealkylation sites (N-methyl/N-ethyl adjacent to an activating group) is 1. The molecule has 0 aromatic heterocycles. The lowest BCUT2D eigenvalue weighted by atomic mass is 10.1. The molecule has 1 atom stereocenters. The van der Waals surface area contributed by atoms with Crippen LogP contribution in [0.4, 0.5) is 0 Å². The van der Waals surface area contributed by atoms with Crippen LogP contribution in [0.1, 0.15) is 31.4 Å². The van der Waals surface area contributed by atoms with Crippen molar-refractivity contribution < 1.29 is 5.11 Å². The predicted octanol–water partition coefficient (Wildman–Crippen LogP) is 3.23. The van der Waals surface area contributed by atoms with Gasteiger partial charge in [-0.2, -0.15) is 0 Å². The van der Waals surface area contributed by atoms with Crippen LogP contribution in [0.5, 0.6) is 0 Å². The van der Waals surface area contributed by atoms with Gasteiger partial charge in [0.2, 0.25) is 0 Å². The largest absolute Gasteiger partial charge is 0.386 e. The molecule has 1 unspecified atom stereocenters. The van der Waals surface area contributed by atoms with Gasteiger partial charge in [-0.25, -0.2) is 0 Å². The van der Waals surface area contributed by atoms with Gasteiger partial charge in [-0.05, 0) is 57.1 Å². The van der Waals surface area contributed by atoms with Gasteiger partial charge in [-0.3, -0.25) is 4.99 Å². The van der Waals surface area contributed by atoms with Crippen LogP contribution in [0.3, 0.4) is 0 Å². The second kappa shape index (κ2) is 14.6. The van der Waals surface area contributed by atoms with Gasteiger partial charge in [0, 0.05) is 49.3 Å². The van der Waals surface area contributed by atoms with E-state index in [0.717, 1.165) is 39.1 Å². The molecular formula is C20H34Cl2IN5O. The second-order valence-corrected chi connectivity index (χ2v) is 8.09. The summed E-state index contributed by atoms with van der Waals surface area (Å²) in [6, 6.07) is 5.08. The standard InChI is InChI=1S/C20H33Cl2N5O.HI/c1-3-23-20(24-6-4-5-7-27-10-8-26(2)9-11-27)25-15-19(28)16-12-17(21)14-18(22)13-16;/h12-14,19,28H,3-11,15H2,1-2H3,(H2,23,24,25);1H. The molecule has 1 aliphatic heterocycles. The van der Waals surface area contributed by atoms with Gasteiger partial charge in [-0.15, -0.1) is 24.0 Å². The van der Waals surface area contributed by atoms with Crippen LogP contribution in [0.15, 0.2) is 23.2 Å². The van der Waals surface area contributed by atoms with Crippen molar-refractivity contribution in [2.45, 2.75) is 25.9 Å². The minimum Gasteiger partial charge on any atom is -0.386 e. The Labute approximate surface area is 202 Å². The minimum absolute atomic E-state index is 0. The Kier molecular flexibility index (Phi) is 13.5. The zero-order valence-corrected chi connectivity index (χ0v) is 21.2. The van der Waals surface area contributed by atoms with Crippen molar-refractivity contribution in [1.82, 2.24) is 20.4 Å². The lowest BCUT2D eigenvalue weighted by Crippen LogP contribution is -2.44. The zero-order chi connectivity index (χ0) is 20.4. The number of benzene rings is 1. The second-order valence-electron chi connectivity index (χ2n) is 7.22. The molecule has 166 valence electrons. The van der Waals surface area contributed by atoms with Crippen molar-refractivity contribution in [2.24, 2.45) is 4.99 Å². The van der Waals surface area contributed by atoms with Crippen LogP contribution in [-0.2, 0) is 0 Å². The fourth-order valence-electron chi connectivity index (χ4n) is 3.13. The number of aliphatic hydroxyl groups excluding tert-OH is 1. The first-order chi connectivity index (χ1) is 13.5. The van der Waals surface area contributed by atoms with Crippen LogP contribution in [0, 0.1) is 0 Å². The highest BCUT2D eigenvalue weighted by atomic mass is 127. The molecular weight excluding hydrogens is 524 g/mol. The fraction of sp³-hybridized carbons (Fsp3) is 0.650. The topological polar surface area (TPSA) is 63.1 Å². The third-order valence-electron chi connectivity index (χ3n) is 4.83. The van der Waals surface area contributed by atoms with E-state index in [1.807, 2.05) is 6.92 Å². The van der Waals surface area contributed by atoms with Crippen LogP contribution >= 0.6 is 47.2 Å². The maximum atomic E-state index is 10.4. The zero-order valence-electron chi connectivity index (χ0n) is 17.3. The Hall–Kier alpha value is -0.320. The number of rotatable bonds is 9. The first kappa shape index (κ1) is 26.7. The number of aliphatic imine (C=N–C) groups is 1. The summed E-state index contributed by atoms with van der Waals surface area (Å²) >= 11 is 12.0. The molecule has 1 fully saturated rings.